The molecule has 0 amide bonds. The number of sulfonamides is 1. The zero-order chi connectivity index (χ0) is 18.9. The van der Waals surface area contributed by atoms with E-state index in [1.54, 1.807) is 6.92 Å². The van der Waals surface area contributed by atoms with Gasteiger partial charge in [-0.15, -0.1) is 0 Å². The van der Waals surface area contributed by atoms with Gasteiger partial charge in [0.05, 0.1) is 17.8 Å². The number of carboxylic acids is 1. The number of likely N-dealkylation sites (tertiary alicyclic amines) is 1. The number of benzene rings is 1. The molecular weight excluding hydrogens is 356 g/mol. The van der Waals surface area contributed by atoms with E-state index in [2.05, 4.69) is 4.90 Å². The summed E-state index contributed by atoms with van der Waals surface area (Å²) >= 11 is 0. The Hall–Kier alpha value is -1.64. The van der Waals surface area contributed by atoms with E-state index in [1.807, 2.05) is 31.2 Å². The molecule has 3 rings (SSSR count). The number of nitrogens with zero attached hydrogens (tertiary/aromatic N) is 2. The molecule has 1 N–H and O–H groups in total. The van der Waals surface area contributed by atoms with Crippen LogP contribution in [0.2, 0.25) is 0 Å². The minimum atomic E-state index is -3.36. The van der Waals surface area contributed by atoms with Crippen molar-refractivity contribution in [2.45, 2.75) is 20.4 Å². The predicted molar refractivity (Wildman–Crippen MR) is 97.5 cm³/mol. The molecular formula is C18H26N2O5S. The standard InChI is InChI=1S/C18H26N2O5S/c1-3-25-16-7-5-6-14(8-16)9-19-10-15-11-20(26(23,24)4-2)13-18(15,12-19)17(21)22/h5-8,15H,3-4,9-13H2,1-2H3,(H,21,22)/t15-,18-/m0/s1. The largest absolute Gasteiger partial charge is 0.494 e. The molecule has 0 saturated carbocycles. The molecule has 2 saturated heterocycles. The van der Waals surface area contributed by atoms with E-state index in [1.165, 1.54) is 4.31 Å². The normalized spacial score (nSPS) is 26.8. The lowest BCUT2D eigenvalue weighted by atomic mass is 9.81. The molecule has 1 aromatic rings. The van der Waals surface area contributed by atoms with E-state index in [9.17, 15) is 18.3 Å². The minimum Gasteiger partial charge on any atom is -0.494 e. The Bertz CT molecular complexity index is 782. The molecule has 2 aliphatic rings. The summed E-state index contributed by atoms with van der Waals surface area (Å²) in [6.07, 6.45) is 0. The maximum absolute atomic E-state index is 12.2. The van der Waals surface area contributed by atoms with Crippen molar-refractivity contribution in [2.24, 2.45) is 11.3 Å². The fourth-order valence-electron chi connectivity index (χ4n) is 4.10. The molecule has 2 heterocycles. The van der Waals surface area contributed by atoms with Gasteiger partial charge in [-0.3, -0.25) is 9.69 Å². The first kappa shape index (κ1) is 19.1. The van der Waals surface area contributed by atoms with Gasteiger partial charge >= 0.3 is 5.97 Å². The van der Waals surface area contributed by atoms with Crippen molar-refractivity contribution in [1.29, 1.82) is 0 Å². The molecule has 8 heteroatoms. The number of ether oxygens (including phenoxy) is 1. The van der Waals surface area contributed by atoms with Crippen LogP contribution in [0, 0.1) is 11.3 Å². The summed E-state index contributed by atoms with van der Waals surface area (Å²) in [5.74, 6) is -0.278. The summed E-state index contributed by atoms with van der Waals surface area (Å²) in [4.78, 5) is 14.1. The third-order valence-corrected chi connectivity index (χ3v) is 7.24. The van der Waals surface area contributed by atoms with Crippen LogP contribution in [0.3, 0.4) is 0 Å². The van der Waals surface area contributed by atoms with Gasteiger partial charge in [0.15, 0.2) is 0 Å². The van der Waals surface area contributed by atoms with E-state index < -0.39 is 21.4 Å². The summed E-state index contributed by atoms with van der Waals surface area (Å²) in [6.45, 7) is 6.06. The third kappa shape index (κ3) is 3.45. The Labute approximate surface area is 154 Å². The smallest absolute Gasteiger partial charge is 0.312 e. The second-order valence-corrected chi connectivity index (χ2v) is 9.36. The van der Waals surface area contributed by atoms with Gasteiger partial charge < -0.3 is 9.84 Å². The number of hydrogen-bond acceptors (Lipinski definition) is 5. The van der Waals surface area contributed by atoms with Crippen LogP contribution in [0.1, 0.15) is 19.4 Å². The number of carbonyl (C=O) groups is 1. The van der Waals surface area contributed by atoms with Crippen LogP contribution in [0.15, 0.2) is 24.3 Å². The lowest BCUT2D eigenvalue weighted by Crippen LogP contribution is -2.42. The van der Waals surface area contributed by atoms with Crippen molar-refractivity contribution >= 4 is 16.0 Å². The minimum absolute atomic E-state index is 0.00333. The summed E-state index contributed by atoms with van der Waals surface area (Å²) in [6, 6.07) is 7.80. The second-order valence-electron chi connectivity index (χ2n) is 7.10. The summed E-state index contributed by atoms with van der Waals surface area (Å²) in [7, 11) is -3.36. The van der Waals surface area contributed by atoms with Gasteiger partial charge in [-0.05, 0) is 31.5 Å². The Morgan fingerprint density at radius 1 is 1.31 bits per heavy atom. The highest BCUT2D eigenvalue weighted by Crippen LogP contribution is 2.44. The lowest BCUT2D eigenvalue weighted by molar-refractivity contribution is -0.148. The Kier molecular flexibility index (Phi) is 5.28. The Morgan fingerprint density at radius 3 is 2.69 bits per heavy atom. The van der Waals surface area contributed by atoms with E-state index in [4.69, 9.17) is 4.74 Å². The fourth-order valence-corrected chi connectivity index (χ4v) is 5.30. The number of fused-ring (bicyclic) bond motifs is 1. The highest BCUT2D eigenvalue weighted by Gasteiger charge is 2.59. The fraction of sp³-hybridized carbons (Fsp3) is 0.611. The van der Waals surface area contributed by atoms with E-state index in [-0.39, 0.29) is 24.8 Å². The second kappa shape index (κ2) is 7.17. The Morgan fingerprint density at radius 2 is 2.08 bits per heavy atom. The van der Waals surface area contributed by atoms with Crippen molar-refractivity contribution in [3.8, 4) is 5.75 Å². The monoisotopic (exact) mass is 382 g/mol. The van der Waals surface area contributed by atoms with Crippen molar-refractivity contribution in [1.82, 2.24) is 9.21 Å². The third-order valence-electron chi connectivity index (χ3n) is 5.45. The van der Waals surface area contributed by atoms with Crippen LogP contribution in [0.5, 0.6) is 5.75 Å². The molecule has 2 atom stereocenters. The first-order valence-electron chi connectivity index (χ1n) is 8.96. The van der Waals surface area contributed by atoms with Gasteiger partial charge in [0.1, 0.15) is 5.75 Å². The maximum atomic E-state index is 12.2. The molecule has 7 nitrogen and oxygen atoms in total. The van der Waals surface area contributed by atoms with Crippen LogP contribution < -0.4 is 4.74 Å². The van der Waals surface area contributed by atoms with Crippen LogP contribution in [0.25, 0.3) is 0 Å². The first-order valence-corrected chi connectivity index (χ1v) is 10.6. The molecule has 0 aliphatic carbocycles. The number of hydrogen-bond donors (Lipinski definition) is 1. The highest BCUT2D eigenvalue weighted by atomic mass is 32.2. The number of carboxylic acid groups (broad SMARTS) is 1. The number of rotatable bonds is 7. The van der Waals surface area contributed by atoms with Gasteiger partial charge in [0.2, 0.25) is 10.0 Å². The molecule has 144 valence electrons. The topological polar surface area (TPSA) is 87.2 Å². The quantitative estimate of drug-likeness (QED) is 0.764. The molecule has 0 radical (unpaired) electrons. The van der Waals surface area contributed by atoms with Gasteiger partial charge in [-0.2, -0.15) is 0 Å². The van der Waals surface area contributed by atoms with Crippen LogP contribution in [-0.2, 0) is 21.4 Å². The summed E-state index contributed by atoms with van der Waals surface area (Å²) in [5.41, 5.74) is 0.0502. The highest BCUT2D eigenvalue weighted by molar-refractivity contribution is 7.89. The molecule has 0 unspecified atom stereocenters. The van der Waals surface area contributed by atoms with Gasteiger partial charge in [-0.1, -0.05) is 12.1 Å². The predicted octanol–water partition coefficient (Wildman–Crippen LogP) is 1.25. The molecule has 1 aromatic carbocycles. The zero-order valence-corrected chi connectivity index (χ0v) is 16.0. The van der Waals surface area contributed by atoms with Crippen molar-refractivity contribution in [2.75, 3.05) is 38.5 Å². The van der Waals surface area contributed by atoms with Crippen LogP contribution >= 0.6 is 0 Å². The molecule has 0 aromatic heterocycles. The van der Waals surface area contributed by atoms with E-state index in [0.29, 0.717) is 26.2 Å². The van der Waals surface area contributed by atoms with Crippen molar-refractivity contribution in [3.05, 3.63) is 29.8 Å². The lowest BCUT2D eigenvalue weighted by Gasteiger charge is -2.25. The van der Waals surface area contributed by atoms with Crippen LogP contribution in [-0.4, -0.2) is 67.2 Å². The average molecular weight is 382 g/mol. The molecule has 2 fully saturated rings. The Balaban J connectivity index is 1.74. The first-order chi connectivity index (χ1) is 12.3. The summed E-state index contributed by atoms with van der Waals surface area (Å²) in [5, 5.41) is 9.86. The maximum Gasteiger partial charge on any atom is 0.312 e. The van der Waals surface area contributed by atoms with Crippen molar-refractivity contribution in [3.63, 3.8) is 0 Å². The molecule has 0 bridgehead atoms. The van der Waals surface area contributed by atoms with Crippen LogP contribution in [0.4, 0.5) is 0 Å². The zero-order valence-electron chi connectivity index (χ0n) is 15.2. The van der Waals surface area contributed by atoms with E-state index in [0.717, 1.165) is 11.3 Å². The average Bonchev–Trinajstić information content (AvgIpc) is 3.11. The molecule has 26 heavy (non-hydrogen) atoms. The van der Waals surface area contributed by atoms with Gasteiger partial charge in [0, 0.05) is 38.6 Å². The van der Waals surface area contributed by atoms with Gasteiger partial charge in [-0.25, -0.2) is 12.7 Å². The van der Waals surface area contributed by atoms with Gasteiger partial charge in [0.25, 0.3) is 0 Å². The SMILES string of the molecule is CCOc1cccc(CN2C[C@H]3CN(S(=O)(=O)CC)C[C@@]3(C(=O)O)C2)c1. The van der Waals surface area contributed by atoms with Crippen molar-refractivity contribution < 1.29 is 23.1 Å². The summed E-state index contributed by atoms with van der Waals surface area (Å²) < 4.78 is 31.2. The molecule has 0 spiro atoms. The number of aliphatic carboxylic acids is 1. The molecule has 2 aliphatic heterocycles. The van der Waals surface area contributed by atoms with E-state index >= 15 is 0 Å².